The van der Waals surface area contributed by atoms with Gasteiger partial charge in [0.05, 0.1) is 5.56 Å². The molecule has 7 N–H and O–H groups in total. The molecule has 0 saturated heterocycles. The third-order valence-corrected chi connectivity index (χ3v) is 10.2. The molecule has 54 heavy (non-hydrogen) atoms. The first-order valence-corrected chi connectivity index (χ1v) is 16.9. The Morgan fingerprint density at radius 2 is 0.815 bits per heavy atom. The van der Waals surface area contributed by atoms with Crippen molar-refractivity contribution in [1.82, 2.24) is 0 Å². The summed E-state index contributed by atoms with van der Waals surface area (Å²) in [6, 6.07) is 34.8. The first kappa shape index (κ1) is 32.7. The van der Waals surface area contributed by atoms with Crippen molar-refractivity contribution in [2.24, 2.45) is 0 Å². The predicted octanol–water partition coefficient (Wildman–Crippen LogP) is 8.09. The van der Waals surface area contributed by atoms with Crippen LogP contribution in [0.2, 0.25) is 0 Å². The maximum Gasteiger partial charge on any atom is 0.204 e. The molecule has 0 aliphatic rings. The van der Waals surface area contributed by atoms with Crippen molar-refractivity contribution in [2.45, 2.75) is 0 Å². The number of phenols is 7. The molecule has 0 spiro atoms. The van der Waals surface area contributed by atoms with E-state index in [9.17, 15) is 35.7 Å². The molecule has 0 bridgehead atoms. The van der Waals surface area contributed by atoms with Gasteiger partial charge in [0.2, 0.25) is 11.5 Å². The maximum atomic E-state index is 12.0. The summed E-state index contributed by atoms with van der Waals surface area (Å²) in [7, 11) is 12.6. The fourth-order valence-electron chi connectivity index (χ4n) is 7.77. The number of para-hydroxylation sites is 1. The fourth-order valence-corrected chi connectivity index (χ4v) is 7.77. The minimum absolute atomic E-state index is 0.00616. The van der Waals surface area contributed by atoms with Crippen LogP contribution in [0, 0.1) is 0 Å². The van der Waals surface area contributed by atoms with E-state index in [0.717, 1.165) is 21.7 Å². The quantitative estimate of drug-likeness (QED) is 0.0420. The zero-order valence-electron chi connectivity index (χ0n) is 28.2. The largest absolute Gasteiger partial charge is 0.507 e. The van der Waals surface area contributed by atoms with Crippen LogP contribution < -0.4 is 10.9 Å². The third-order valence-electron chi connectivity index (χ3n) is 10.2. The van der Waals surface area contributed by atoms with Crippen molar-refractivity contribution in [3.05, 3.63) is 115 Å². The molecule has 4 radical (unpaired) electrons. The van der Waals surface area contributed by atoms with E-state index in [0.29, 0.717) is 38.4 Å². The normalized spacial score (nSPS) is 11.6. The van der Waals surface area contributed by atoms with E-state index in [1.807, 2.05) is 78.9 Å². The Morgan fingerprint density at radius 3 is 1.44 bits per heavy atom. The molecule has 1 heterocycles. The molecule has 10 heteroatoms. The lowest BCUT2D eigenvalue weighted by atomic mass is 9.79. The first-order chi connectivity index (χ1) is 26.1. The highest BCUT2D eigenvalue weighted by molar-refractivity contribution is 6.40. The van der Waals surface area contributed by atoms with E-state index in [2.05, 4.69) is 0 Å². The average Bonchev–Trinajstić information content (AvgIpc) is 3.59. The van der Waals surface area contributed by atoms with E-state index in [1.54, 1.807) is 36.4 Å². The van der Waals surface area contributed by atoms with Crippen LogP contribution in [0.15, 0.2) is 120 Å². The van der Waals surface area contributed by atoms with Gasteiger partial charge in [0.1, 0.15) is 32.6 Å². The SMILES string of the molecule is [B]c1c(O)c(O)c(-c2c3ccccc3c(-c3ccc(-c4c([B])c(O)c(O)c(O)c4O)c4oc5ccccc5c34)c3ccccc23)c(O)c1-c1ccccc1. The maximum absolute atomic E-state index is 12.0. The molecule has 8 aromatic carbocycles. The van der Waals surface area contributed by atoms with E-state index >= 15 is 0 Å². The molecular formula is C44H26B2O8. The van der Waals surface area contributed by atoms with Gasteiger partial charge in [-0.1, -0.05) is 103 Å². The lowest BCUT2D eigenvalue weighted by Gasteiger charge is -2.22. The number of fused-ring (bicyclic) bond motifs is 5. The van der Waals surface area contributed by atoms with Gasteiger partial charge in [0.15, 0.2) is 23.0 Å². The zero-order valence-corrected chi connectivity index (χ0v) is 28.2. The Hall–Kier alpha value is -7.19. The van der Waals surface area contributed by atoms with Crippen molar-refractivity contribution in [1.29, 1.82) is 0 Å². The van der Waals surface area contributed by atoms with E-state index in [1.165, 1.54) is 0 Å². The zero-order chi connectivity index (χ0) is 37.6. The van der Waals surface area contributed by atoms with Crippen LogP contribution in [0.4, 0.5) is 0 Å². The van der Waals surface area contributed by atoms with Crippen molar-refractivity contribution in [3.63, 3.8) is 0 Å². The number of furan rings is 1. The highest BCUT2D eigenvalue weighted by atomic mass is 16.3. The molecule has 9 aromatic rings. The molecule has 0 aliphatic heterocycles. The molecule has 9 rings (SSSR count). The number of benzene rings is 8. The first-order valence-electron chi connectivity index (χ1n) is 16.9. The number of aromatic hydroxyl groups is 7. The Labute approximate surface area is 309 Å². The van der Waals surface area contributed by atoms with E-state index in [-0.39, 0.29) is 44.5 Å². The molecule has 256 valence electrons. The summed E-state index contributed by atoms with van der Waals surface area (Å²) in [4.78, 5) is 0. The van der Waals surface area contributed by atoms with Gasteiger partial charge in [0, 0.05) is 33.0 Å². The Bertz CT molecular complexity index is 2960. The Morgan fingerprint density at radius 1 is 0.352 bits per heavy atom. The van der Waals surface area contributed by atoms with E-state index < -0.39 is 34.5 Å². The van der Waals surface area contributed by atoms with Crippen LogP contribution >= 0.6 is 0 Å². The summed E-state index contributed by atoms with van der Waals surface area (Å²) < 4.78 is 6.45. The van der Waals surface area contributed by atoms with Gasteiger partial charge in [0.25, 0.3) is 0 Å². The molecule has 0 fully saturated rings. The molecule has 1 aromatic heterocycles. The lowest BCUT2D eigenvalue weighted by Crippen LogP contribution is -2.09. The van der Waals surface area contributed by atoms with Gasteiger partial charge >= 0.3 is 0 Å². The monoisotopic (exact) mass is 704 g/mol. The van der Waals surface area contributed by atoms with Gasteiger partial charge in [-0.25, -0.2) is 0 Å². The van der Waals surface area contributed by atoms with Crippen molar-refractivity contribution in [3.8, 4) is 84.8 Å². The van der Waals surface area contributed by atoms with E-state index in [4.69, 9.17) is 20.1 Å². The number of hydrogen-bond donors (Lipinski definition) is 7. The smallest absolute Gasteiger partial charge is 0.204 e. The van der Waals surface area contributed by atoms with Crippen molar-refractivity contribution < 1.29 is 40.2 Å². The second-order valence-electron chi connectivity index (χ2n) is 13.1. The lowest BCUT2D eigenvalue weighted by molar-refractivity contribution is 0.348. The van der Waals surface area contributed by atoms with Crippen LogP contribution in [-0.4, -0.2) is 51.4 Å². The second kappa shape index (κ2) is 11.9. The van der Waals surface area contributed by atoms with Gasteiger partial charge in [-0.15, -0.1) is 0 Å². The van der Waals surface area contributed by atoms with Crippen LogP contribution in [0.5, 0.6) is 40.2 Å². The van der Waals surface area contributed by atoms with Gasteiger partial charge in [-0.3, -0.25) is 0 Å². The van der Waals surface area contributed by atoms with Crippen LogP contribution in [0.25, 0.3) is 88.0 Å². The molecule has 0 aliphatic carbocycles. The number of hydrogen-bond acceptors (Lipinski definition) is 8. The van der Waals surface area contributed by atoms with Gasteiger partial charge in [-0.05, 0) is 61.3 Å². The van der Waals surface area contributed by atoms with Crippen LogP contribution in [-0.2, 0) is 0 Å². The minimum Gasteiger partial charge on any atom is -0.507 e. The Kier molecular flexibility index (Phi) is 7.22. The summed E-state index contributed by atoms with van der Waals surface area (Å²) in [5.41, 5.74) is 3.05. The standard InChI is InChI=1S/C44H26B2O8/c45-35-29(20-10-2-1-3-11-20)37(47)34(39(49)40(35)50)31-23-14-6-4-12-21(23)30(22-13-5-7-15-24(22)31)26-18-19-27(33-36(46)41(51)43(53)42(52)38(33)48)44-32(26)25-16-8-9-17-28(25)54-44/h1-19,47-53H. The second-order valence-corrected chi connectivity index (χ2v) is 13.1. The number of rotatable bonds is 4. The molecular weight excluding hydrogens is 678 g/mol. The summed E-state index contributed by atoms with van der Waals surface area (Å²) in [6.07, 6.45) is 0. The molecule has 0 saturated carbocycles. The van der Waals surface area contributed by atoms with Gasteiger partial charge < -0.3 is 40.2 Å². The predicted molar refractivity (Wildman–Crippen MR) is 213 cm³/mol. The summed E-state index contributed by atoms with van der Waals surface area (Å²) in [5.74, 6) is -4.86. The molecule has 0 atom stereocenters. The summed E-state index contributed by atoms with van der Waals surface area (Å²) in [5, 5.41) is 81.2. The molecule has 8 nitrogen and oxygen atoms in total. The number of phenolic OH excluding ortho intramolecular Hbond substituents is 7. The van der Waals surface area contributed by atoms with Crippen LogP contribution in [0.3, 0.4) is 0 Å². The molecule has 0 unspecified atom stereocenters. The average molecular weight is 704 g/mol. The third kappa shape index (κ3) is 4.46. The van der Waals surface area contributed by atoms with Crippen LogP contribution in [0.1, 0.15) is 0 Å². The highest BCUT2D eigenvalue weighted by Crippen LogP contribution is 2.55. The van der Waals surface area contributed by atoms with Gasteiger partial charge in [-0.2, -0.15) is 0 Å². The van der Waals surface area contributed by atoms with Crippen molar-refractivity contribution >= 4 is 70.1 Å². The summed E-state index contributed by atoms with van der Waals surface area (Å²) >= 11 is 0. The fraction of sp³-hybridized carbons (Fsp3) is 0. The highest BCUT2D eigenvalue weighted by Gasteiger charge is 2.29. The minimum atomic E-state index is -0.952. The summed E-state index contributed by atoms with van der Waals surface area (Å²) in [6.45, 7) is 0. The Balaban J connectivity index is 1.43. The topological polar surface area (TPSA) is 155 Å². The van der Waals surface area contributed by atoms with Crippen molar-refractivity contribution in [2.75, 3.05) is 0 Å². The molecule has 0 amide bonds.